The van der Waals surface area contributed by atoms with Crippen molar-refractivity contribution in [2.75, 3.05) is 4.90 Å². The molecule has 0 saturated carbocycles. The summed E-state index contributed by atoms with van der Waals surface area (Å²) in [6.07, 6.45) is 0.500. The van der Waals surface area contributed by atoms with Crippen molar-refractivity contribution < 1.29 is 24.2 Å². The van der Waals surface area contributed by atoms with Crippen molar-refractivity contribution >= 4 is 47.4 Å². The van der Waals surface area contributed by atoms with Crippen LogP contribution in [-0.4, -0.2) is 29.2 Å². The minimum atomic E-state index is -1.36. The van der Waals surface area contributed by atoms with Crippen molar-refractivity contribution in [3.8, 4) is 0 Å². The number of hydrogen-bond acceptors (Lipinski definition) is 4. The number of carbonyl (C=O) groups is 3. The zero-order valence-electron chi connectivity index (χ0n) is 10.9. The Bertz CT molecular complexity index is 584. The van der Waals surface area contributed by atoms with E-state index >= 15 is 0 Å². The molecule has 1 atom stereocenters. The Morgan fingerprint density at radius 3 is 2.14 bits per heavy atom. The van der Waals surface area contributed by atoms with Crippen LogP contribution in [0, 0.1) is 0 Å². The zero-order valence-corrected chi connectivity index (χ0v) is 12.4. The van der Waals surface area contributed by atoms with Crippen LogP contribution < -0.4 is 4.90 Å². The van der Waals surface area contributed by atoms with Gasteiger partial charge >= 0.3 is 6.09 Å². The van der Waals surface area contributed by atoms with Crippen LogP contribution in [0.15, 0.2) is 30.9 Å². The summed E-state index contributed by atoms with van der Waals surface area (Å²) in [6.45, 7) is 4.70. The first-order valence-electron chi connectivity index (χ1n) is 5.54. The molecule has 1 aliphatic heterocycles. The van der Waals surface area contributed by atoms with Gasteiger partial charge in [-0.1, -0.05) is 29.8 Å². The Morgan fingerprint density at radius 1 is 1.29 bits per heavy atom. The summed E-state index contributed by atoms with van der Waals surface area (Å²) < 4.78 is 4.99. The van der Waals surface area contributed by atoms with E-state index in [2.05, 4.69) is 6.58 Å². The van der Waals surface area contributed by atoms with Crippen molar-refractivity contribution in [1.29, 1.82) is 0 Å². The second kappa shape index (κ2) is 6.60. The minimum Gasteiger partial charge on any atom is -0.483 e. The van der Waals surface area contributed by atoms with E-state index in [4.69, 9.17) is 37.8 Å². The van der Waals surface area contributed by atoms with Crippen LogP contribution in [0.3, 0.4) is 0 Å². The summed E-state index contributed by atoms with van der Waals surface area (Å²) in [5.74, 6) is -0.527. The first kappa shape index (κ1) is 17.0. The van der Waals surface area contributed by atoms with Crippen molar-refractivity contribution in [3.63, 3.8) is 0 Å². The average Bonchev–Trinajstić information content (AvgIpc) is 2.60. The van der Waals surface area contributed by atoms with Crippen LogP contribution in [0.2, 0.25) is 10.0 Å². The lowest BCUT2D eigenvalue weighted by atomic mass is 10.1. The maximum absolute atomic E-state index is 12.1. The highest BCUT2D eigenvalue weighted by atomic mass is 35.5. The van der Waals surface area contributed by atoms with Gasteiger partial charge < -0.3 is 9.84 Å². The van der Waals surface area contributed by atoms with Crippen molar-refractivity contribution in [2.24, 2.45) is 0 Å². The first-order chi connectivity index (χ1) is 9.78. The van der Waals surface area contributed by atoms with E-state index < -0.39 is 17.6 Å². The minimum absolute atomic E-state index is 0.250. The molecule has 6 nitrogen and oxygen atoms in total. The molecule has 0 radical (unpaired) electrons. The van der Waals surface area contributed by atoms with Gasteiger partial charge in [0, 0.05) is 10.0 Å². The molecule has 1 aromatic carbocycles. The van der Waals surface area contributed by atoms with E-state index in [-0.39, 0.29) is 12.2 Å². The Balaban J connectivity index is 0.000000677. The second-order valence-corrected chi connectivity index (χ2v) is 4.93. The van der Waals surface area contributed by atoms with E-state index in [0.717, 1.165) is 4.90 Å². The predicted molar refractivity (Wildman–Crippen MR) is 77.7 cm³/mol. The standard InChI is InChI=1S/C12H9Cl2NO3.CH2O2/c1-3-12(2)10(16)15(11(17)18-12)9-5-7(13)4-8(14)6-9;2-1-3/h3-6H,1H2,2H3;1H,(H,2,3). The third-order valence-corrected chi connectivity index (χ3v) is 3.04. The summed E-state index contributed by atoms with van der Waals surface area (Å²) >= 11 is 11.7. The lowest BCUT2D eigenvalue weighted by Gasteiger charge is -2.15. The topological polar surface area (TPSA) is 83.9 Å². The fraction of sp³-hybridized carbons (Fsp3) is 0.154. The van der Waals surface area contributed by atoms with Crippen LogP contribution in [-0.2, 0) is 14.3 Å². The molecule has 2 rings (SSSR count). The van der Waals surface area contributed by atoms with Gasteiger partial charge in [0.25, 0.3) is 12.4 Å². The molecule has 1 fully saturated rings. The highest BCUT2D eigenvalue weighted by Gasteiger charge is 2.49. The molecule has 1 N–H and O–H groups in total. The molecule has 2 amide bonds. The second-order valence-electron chi connectivity index (χ2n) is 4.05. The lowest BCUT2D eigenvalue weighted by molar-refractivity contribution is -0.125. The number of benzene rings is 1. The number of halogens is 2. The van der Waals surface area contributed by atoms with Gasteiger partial charge in [0.2, 0.25) is 5.60 Å². The highest BCUT2D eigenvalue weighted by molar-refractivity contribution is 6.35. The van der Waals surface area contributed by atoms with E-state index in [1.807, 2.05) is 0 Å². The smallest absolute Gasteiger partial charge is 0.422 e. The summed E-state index contributed by atoms with van der Waals surface area (Å²) in [7, 11) is 0. The number of hydrogen-bond donors (Lipinski definition) is 1. The van der Waals surface area contributed by atoms with Gasteiger partial charge in [-0.15, -0.1) is 0 Å². The number of nitrogens with zero attached hydrogens (tertiary/aromatic N) is 1. The average molecular weight is 332 g/mol. The van der Waals surface area contributed by atoms with Crippen LogP contribution in [0.1, 0.15) is 6.92 Å². The summed E-state index contributed by atoms with van der Waals surface area (Å²) in [4.78, 5) is 33.1. The molecule has 0 spiro atoms. The Hall–Kier alpha value is -2.05. The van der Waals surface area contributed by atoms with Crippen molar-refractivity contribution in [2.45, 2.75) is 12.5 Å². The van der Waals surface area contributed by atoms with Gasteiger partial charge in [0.1, 0.15) is 0 Å². The van der Waals surface area contributed by atoms with E-state index in [1.54, 1.807) is 0 Å². The molecule has 112 valence electrons. The van der Waals surface area contributed by atoms with Crippen molar-refractivity contribution in [1.82, 2.24) is 0 Å². The number of anilines is 1. The van der Waals surface area contributed by atoms with E-state index in [9.17, 15) is 9.59 Å². The van der Waals surface area contributed by atoms with Gasteiger partial charge in [-0.25, -0.2) is 9.69 Å². The largest absolute Gasteiger partial charge is 0.483 e. The molecule has 1 aliphatic rings. The number of carboxylic acid groups (broad SMARTS) is 1. The van der Waals surface area contributed by atoms with E-state index in [0.29, 0.717) is 10.0 Å². The summed E-state index contributed by atoms with van der Waals surface area (Å²) in [6, 6.07) is 4.42. The number of imide groups is 1. The Labute approximate surface area is 130 Å². The number of cyclic esters (lactones) is 1. The van der Waals surface area contributed by atoms with E-state index in [1.165, 1.54) is 31.2 Å². The fourth-order valence-electron chi connectivity index (χ4n) is 1.60. The number of carbonyl (C=O) groups excluding carboxylic acids is 2. The number of amides is 2. The van der Waals surface area contributed by atoms with Gasteiger partial charge in [-0.05, 0) is 31.2 Å². The predicted octanol–water partition coefficient (Wildman–Crippen LogP) is 3.12. The molecule has 1 saturated heterocycles. The fourth-order valence-corrected chi connectivity index (χ4v) is 2.11. The maximum atomic E-state index is 12.1. The number of rotatable bonds is 2. The van der Waals surface area contributed by atoms with Gasteiger partial charge in [0.15, 0.2) is 0 Å². The van der Waals surface area contributed by atoms with Crippen LogP contribution in [0.4, 0.5) is 10.5 Å². The Kier molecular flexibility index (Phi) is 5.34. The molecule has 1 heterocycles. The van der Waals surface area contributed by atoms with Crippen molar-refractivity contribution in [3.05, 3.63) is 40.9 Å². The molecule has 0 aliphatic carbocycles. The molecule has 21 heavy (non-hydrogen) atoms. The lowest BCUT2D eigenvalue weighted by Crippen LogP contribution is -2.37. The monoisotopic (exact) mass is 331 g/mol. The SMILES string of the molecule is C=CC1(C)OC(=O)N(c2cc(Cl)cc(Cl)c2)C1=O.O=CO. The summed E-state index contributed by atoms with van der Waals surface area (Å²) in [5, 5.41) is 7.54. The normalized spacial score (nSPS) is 20.4. The molecule has 0 aromatic heterocycles. The molecule has 1 aromatic rings. The molecule has 0 bridgehead atoms. The van der Waals surface area contributed by atoms with Gasteiger partial charge in [0.05, 0.1) is 5.69 Å². The number of ether oxygens (including phenoxy) is 1. The highest BCUT2D eigenvalue weighted by Crippen LogP contribution is 2.33. The van der Waals surface area contributed by atoms with Crippen LogP contribution in [0.25, 0.3) is 0 Å². The zero-order chi connectivity index (χ0) is 16.2. The maximum Gasteiger partial charge on any atom is 0.422 e. The Morgan fingerprint density at radius 2 is 1.76 bits per heavy atom. The third-order valence-electron chi connectivity index (χ3n) is 2.60. The molecular weight excluding hydrogens is 321 g/mol. The summed E-state index contributed by atoms with van der Waals surface area (Å²) in [5.41, 5.74) is -1.08. The van der Waals surface area contributed by atoms with Gasteiger partial charge in [-0.2, -0.15) is 0 Å². The molecule has 8 heteroatoms. The third kappa shape index (κ3) is 3.53. The van der Waals surface area contributed by atoms with Crippen LogP contribution >= 0.6 is 23.2 Å². The molecular formula is C13H11Cl2NO5. The van der Waals surface area contributed by atoms with Gasteiger partial charge in [-0.3, -0.25) is 9.59 Å². The van der Waals surface area contributed by atoms with Crippen LogP contribution in [0.5, 0.6) is 0 Å². The first-order valence-corrected chi connectivity index (χ1v) is 6.29. The molecule has 1 unspecified atom stereocenters. The quantitative estimate of drug-likeness (QED) is 0.664.